The van der Waals surface area contributed by atoms with Crippen LogP contribution in [0, 0.1) is 0 Å². The molecule has 30 heavy (non-hydrogen) atoms. The van der Waals surface area contributed by atoms with Crippen molar-refractivity contribution in [1.29, 1.82) is 0 Å². The standard InChI is InChI=1S/C24H29N5O/c30-23-18-27(17-22(23)28-13-5-2-6-14-28)15-20-16-29(21-7-3-1-4-8-21)26-24(20)19-9-11-25-12-10-19/h1,3-4,7-12,16,22-23,30H,2,5-6,13-15,17-18H2/t22-,23-/m0/s1. The number of likely N-dealkylation sites (tertiary alicyclic amines) is 2. The number of para-hydroxylation sites is 1. The summed E-state index contributed by atoms with van der Waals surface area (Å²) in [6, 6.07) is 14.5. The van der Waals surface area contributed by atoms with Crippen molar-refractivity contribution in [2.45, 2.75) is 38.0 Å². The zero-order valence-electron chi connectivity index (χ0n) is 17.3. The first-order chi connectivity index (χ1) is 14.8. The first kappa shape index (κ1) is 19.4. The Kier molecular flexibility index (Phi) is 5.62. The number of β-amino-alcohol motifs (C(OH)–C–C–N with tert-alkyl or cyclic N) is 1. The quantitative estimate of drug-likeness (QED) is 0.710. The molecule has 0 unspecified atom stereocenters. The lowest BCUT2D eigenvalue weighted by Crippen LogP contribution is -2.45. The van der Waals surface area contributed by atoms with Crippen LogP contribution in [-0.4, -0.2) is 68.0 Å². The summed E-state index contributed by atoms with van der Waals surface area (Å²) >= 11 is 0. The van der Waals surface area contributed by atoms with E-state index in [1.807, 2.05) is 47.4 Å². The lowest BCUT2D eigenvalue weighted by Gasteiger charge is -2.33. The van der Waals surface area contributed by atoms with Crippen molar-refractivity contribution >= 4 is 0 Å². The molecule has 5 rings (SSSR count). The molecule has 2 aromatic heterocycles. The van der Waals surface area contributed by atoms with Crippen molar-refractivity contribution in [1.82, 2.24) is 24.6 Å². The number of piperidine rings is 1. The van der Waals surface area contributed by atoms with Gasteiger partial charge in [0, 0.05) is 55.4 Å². The van der Waals surface area contributed by atoms with Crippen molar-refractivity contribution in [3.63, 3.8) is 0 Å². The third-order valence-corrected chi connectivity index (χ3v) is 6.35. The molecule has 2 atom stereocenters. The van der Waals surface area contributed by atoms with E-state index in [2.05, 4.69) is 33.1 Å². The Hall–Kier alpha value is -2.54. The van der Waals surface area contributed by atoms with Crippen LogP contribution < -0.4 is 0 Å². The van der Waals surface area contributed by atoms with Gasteiger partial charge in [0.25, 0.3) is 0 Å². The van der Waals surface area contributed by atoms with Gasteiger partial charge in [-0.1, -0.05) is 24.6 Å². The topological polar surface area (TPSA) is 57.4 Å². The van der Waals surface area contributed by atoms with E-state index in [9.17, 15) is 5.11 Å². The molecular weight excluding hydrogens is 374 g/mol. The average molecular weight is 404 g/mol. The fourth-order valence-corrected chi connectivity index (χ4v) is 4.82. The summed E-state index contributed by atoms with van der Waals surface area (Å²) in [5.41, 5.74) is 4.28. The maximum Gasteiger partial charge on any atom is 0.0973 e. The average Bonchev–Trinajstić information content (AvgIpc) is 3.39. The highest BCUT2D eigenvalue weighted by molar-refractivity contribution is 5.62. The third kappa shape index (κ3) is 4.03. The molecule has 156 valence electrons. The molecule has 2 saturated heterocycles. The zero-order valence-corrected chi connectivity index (χ0v) is 17.3. The van der Waals surface area contributed by atoms with Gasteiger partial charge in [0.1, 0.15) is 0 Å². The van der Waals surface area contributed by atoms with E-state index in [1.165, 1.54) is 24.8 Å². The van der Waals surface area contributed by atoms with E-state index < -0.39 is 0 Å². The molecule has 6 nitrogen and oxygen atoms in total. The van der Waals surface area contributed by atoms with Crippen LogP contribution in [0.2, 0.25) is 0 Å². The summed E-state index contributed by atoms with van der Waals surface area (Å²) < 4.78 is 1.96. The molecule has 4 heterocycles. The number of hydrogen-bond donors (Lipinski definition) is 1. The van der Waals surface area contributed by atoms with Gasteiger partial charge in [0.15, 0.2) is 0 Å². The zero-order chi connectivity index (χ0) is 20.3. The number of aliphatic hydroxyl groups excluding tert-OH is 1. The number of aromatic nitrogens is 3. The van der Waals surface area contributed by atoms with E-state index in [4.69, 9.17) is 5.10 Å². The lowest BCUT2D eigenvalue weighted by atomic mass is 10.1. The predicted molar refractivity (Wildman–Crippen MR) is 117 cm³/mol. The van der Waals surface area contributed by atoms with Gasteiger partial charge in [-0.2, -0.15) is 5.10 Å². The monoisotopic (exact) mass is 403 g/mol. The number of hydrogen-bond acceptors (Lipinski definition) is 5. The van der Waals surface area contributed by atoms with Crippen molar-refractivity contribution in [2.24, 2.45) is 0 Å². The molecule has 0 saturated carbocycles. The Morgan fingerprint density at radius 2 is 1.70 bits per heavy atom. The Labute approximate surface area is 177 Å². The molecule has 2 fully saturated rings. The van der Waals surface area contributed by atoms with E-state index in [-0.39, 0.29) is 12.1 Å². The SMILES string of the molecule is O[C@H]1CN(Cc2cn(-c3ccccc3)nc2-c2ccncc2)C[C@@H]1N1CCCCC1. The smallest absolute Gasteiger partial charge is 0.0973 e. The first-order valence-electron chi connectivity index (χ1n) is 11.0. The minimum absolute atomic E-state index is 0.249. The van der Waals surface area contributed by atoms with Crippen LogP contribution in [0.4, 0.5) is 0 Å². The molecule has 3 aromatic rings. The molecule has 1 aromatic carbocycles. The summed E-state index contributed by atoms with van der Waals surface area (Å²) in [5, 5.41) is 15.7. The van der Waals surface area contributed by atoms with Gasteiger partial charge in [0.2, 0.25) is 0 Å². The summed E-state index contributed by atoms with van der Waals surface area (Å²) in [4.78, 5) is 9.02. The Morgan fingerprint density at radius 3 is 2.47 bits per heavy atom. The summed E-state index contributed by atoms with van der Waals surface area (Å²) in [5.74, 6) is 0. The van der Waals surface area contributed by atoms with Crippen LogP contribution >= 0.6 is 0 Å². The maximum atomic E-state index is 10.7. The highest BCUT2D eigenvalue weighted by atomic mass is 16.3. The van der Waals surface area contributed by atoms with Gasteiger partial charge in [-0.25, -0.2) is 4.68 Å². The maximum absolute atomic E-state index is 10.7. The molecule has 2 aliphatic heterocycles. The second-order valence-corrected chi connectivity index (χ2v) is 8.44. The van der Waals surface area contributed by atoms with Gasteiger partial charge in [-0.05, 0) is 50.2 Å². The van der Waals surface area contributed by atoms with Gasteiger partial charge >= 0.3 is 0 Å². The highest BCUT2D eigenvalue weighted by Crippen LogP contribution is 2.27. The van der Waals surface area contributed by atoms with Crippen LogP contribution in [0.15, 0.2) is 61.1 Å². The van der Waals surface area contributed by atoms with Crippen LogP contribution in [0.1, 0.15) is 24.8 Å². The minimum Gasteiger partial charge on any atom is -0.390 e. The Bertz CT molecular complexity index is 952. The molecule has 1 N–H and O–H groups in total. The number of benzene rings is 1. The first-order valence-corrected chi connectivity index (χ1v) is 11.0. The van der Waals surface area contributed by atoms with Crippen molar-refractivity contribution < 1.29 is 5.11 Å². The molecule has 0 bridgehead atoms. The predicted octanol–water partition coefficient (Wildman–Crippen LogP) is 2.97. The Morgan fingerprint density at radius 1 is 0.933 bits per heavy atom. The number of pyridine rings is 1. The number of aliphatic hydroxyl groups is 1. The second-order valence-electron chi connectivity index (χ2n) is 8.44. The Balaban J connectivity index is 1.40. The van der Waals surface area contributed by atoms with Gasteiger partial charge in [0.05, 0.1) is 17.5 Å². The van der Waals surface area contributed by atoms with Gasteiger partial charge < -0.3 is 5.11 Å². The van der Waals surface area contributed by atoms with Gasteiger partial charge in [-0.3, -0.25) is 14.8 Å². The van der Waals surface area contributed by atoms with E-state index >= 15 is 0 Å². The van der Waals surface area contributed by atoms with Crippen LogP contribution in [0.25, 0.3) is 16.9 Å². The molecule has 0 aliphatic carbocycles. The lowest BCUT2D eigenvalue weighted by molar-refractivity contribution is 0.0706. The van der Waals surface area contributed by atoms with Gasteiger partial charge in [-0.15, -0.1) is 0 Å². The minimum atomic E-state index is -0.281. The van der Waals surface area contributed by atoms with E-state index in [1.54, 1.807) is 0 Å². The number of nitrogens with zero attached hydrogens (tertiary/aromatic N) is 5. The molecular formula is C24H29N5O. The molecule has 0 radical (unpaired) electrons. The number of rotatable bonds is 5. The fourth-order valence-electron chi connectivity index (χ4n) is 4.82. The second kappa shape index (κ2) is 8.68. The summed E-state index contributed by atoms with van der Waals surface area (Å²) in [6.07, 6.45) is 9.29. The van der Waals surface area contributed by atoms with Crippen molar-refractivity contribution in [3.05, 3.63) is 66.6 Å². The van der Waals surface area contributed by atoms with Crippen molar-refractivity contribution in [3.8, 4) is 16.9 Å². The van der Waals surface area contributed by atoms with Crippen LogP contribution in [-0.2, 0) is 6.54 Å². The molecule has 2 aliphatic rings. The fraction of sp³-hybridized carbons (Fsp3) is 0.417. The molecule has 6 heteroatoms. The molecule has 0 amide bonds. The van der Waals surface area contributed by atoms with Crippen LogP contribution in [0.3, 0.4) is 0 Å². The largest absolute Gasteiger partial charge is 0.390 e. The third-order valence-electron chi connectivity index (χ3n) is 6.35. The summed E-state index contributed by atoms with van der Waals surface area (Å²) in [7, 11) is 0. The molecule has 0 spiro atoms. The van der Waals surface area contributed by atoms with Crippen molar-refractivity contribution in [2.75, 3.05) is 26.2 Å². The van der Waals surface area contributed by atoms with E-state index in [0.717, 1.165) is 43.1 Å². The van der Waals surface area contributed by atoms with Crippen LogP contribution in [0.5, 0.6) is 0 Å². The summed E-state index contributed by atoms with van der Waals surface area (Å²) in [6.45, 7) is 4.64. The normalized spacial score (nSPS) is 23.1. The highest BCUT2D eigenvalue weighted by Gasteiger charge is 2.36. The van der Waals surface area contributed by atoms with E-state index in [0.29, 0.717) is 6.54 Å².